The lowest BCUT2D eigenvalue weighted by molar-refractivity contribution is 0.0957. The van der Waals surface area contributed by atoms with Crippen LogP contribution in [0.1, 0.15) is 28.9 Å². The van der Waals surface area contributed by atoms with E-state index in [1.165, 1.54) is 17.5 Å². The molecule has 0 radical (unpaired) electrons. The van der Waals surface area contributed by atoms with E-state index in [4.69, 9.17) is 0 Å². The monoisotopic (exact) mass is 272 g/mol. The molecule has 0 spiro atoms. The number of carbonyl (C=O) groups excluding carboxylic acids is 1. The summed E-state index contributed by atoms with van der Waals surface area (Å²) in [6.07, 6.45) is 7.74. The Hall–Kier alpha value is -2.28. The quantitative estimate of drug-likeness (QED) is 0.816. The molecule has 7 nitrogen and oxygen atoms in total. The average molecular weight is 272 g/mol. The van der Waals surface area contributed by atoms with Gasteiger partial charge in [-0.1, -0.05) is 0 Å². The standard InChI is InChI=1S/C13H16N6O/c1-14-12(20)11-4-5-19(18-11)13-16-7-9(8-17-13)6-15-10-2-3-10/h4-5,7-8,10,15H,2-3,6H2,1H3,(H,14,20). The van der Waals surface area contributed by atoms with Crippen molar-refractivity contribution in [1.82, 2.24) is 30.4 Å². The molecule has 2 N–H and O–H groups in total. The second-order valence-electron chi connectivity index (χ2n) is 4.77. The predicted octanol–water partition coefficient (Wildman–Crippen LogP) is 0.274. The van der Waals surface area contributed by atoms with Crippen LogP contribution in [-0.2, 0) is 6.54 Å². The molecule has 104 valence electrons. The maximum Gasteiger partial charge on any atom is 0.271 e. The predicted molar refractivity (Wildman–Crippen MR) is 72.4 cm³/mol. The molecule has 2 aromatic rings. The van der Waals surface area contributed by atoms with Gasteiger partial charge in [0.15, 0.2) is 5.69 Å². The third-order valence-electron chi connectivity index (χ3n) is 3.12. The maximum absolute atomic E-state index is 11.4. The third kappa shape index (κ3) is 2.83. The molecule has 0 aliphatic heterocycles. The fourth-order valence-corrected chi connectivity index (χ4v) is 1.79. The summed E-state index contributed by atoms with van der Waals surface area (Å²) in [4.78, 5) is 20.0. The number of nitrogens with zero attached hydrogens (tertiary/aromatic N) is 4. The summed E-state index contributed by atoms with van der Waals surface area (Å²) < 4.78 is 1.49. The highest BCUT2D eigenvalue weighted by Crippen LogP contribution is 2.19. The molecular formula is C13H16N6O. The minimum Gasteiger partial charge on any atom is -0.354 e. The molecule has 1 aliphatic rings. The molecule has 0 atom stereocenters. The summed E-state index contributed by atoms with van der Waals surface area (Å²) in [5.74, 6) is 0.226. The lowest BCUT2D eigenvalue weighted by atomic mass is 10.3. The Bertz CT molecular complexity index is 602. The van der Waals surface area contributed by atoms with Crippen molar-refractivity contribution in [3.8, 4) is 5.95 Å². The Labute approximate surface area is 116 Å². The van der Waals surface area contributed by atoms with Crippen molar-refractivity contribution in [2.24, 2.45) is 0 Å². The van der Waals surface area contributed by atoms with Crippen LogP contribution in [0, 0.1) is 0 Å². The first kappa shape index (κ1) is 12.7. The van der Waals surface area contributed by atoms with Crippen molar-refractivity contribution in [3.63, 3.8) is 0 Å². The summed E-state index contributed by atoms with van der Waals surface area (Å²) in [5, 5.41) is 10.1. The Morgan fingerprint density at radius 3 is 2.80 bits per heavy atom. The first-order chi connectivity index (χ1) is 9.76. The van der Waals surface area contributed by atoms with Crippen molar-refractivity contribution >= 4 is 5.91 Å². The van der Waals surface area contributed by atoms with Crippen LogP contribution in [0.3, 0.4) is 0 Å². The molecule has 1 amide bonds. The topological polar surface area (TPSA) is 84.7 Å². The zero-order chi connectivity index (χ0) is 13.9. The van der Waals surface area contributed by atoms with Crippen LogP contribution in [0.15, 0.2) is 24.7 Å². The Morgan fingerprint density at radius 2 is 2.15 bits per heavy atom. The largest absolute Gasteiger partial charge is 0.354 e. The van der Waals surface area contributed by atoms with E-state index in [1.54, 1.807) is 31.7 Å². The van der Waals surface area contributed by atoms with E-state index in [0.29, 0.717) is 17.7 Å². The van der Waals surface area contributed by atoms with E-state index in [2.05, 4.69) is 25.7 Å². The number of nitrogens with one attached hydrogen (secondary N) is 2. The zero-order valence-corrected chi connectivity index (χ0v) is 11.2. The van der Waals surface area contributed by atoms with Crippen molar-refractivity contribution in [2.75, 3.05) is 7.05 Å². The fourth-order valence-electron chi connectivity index (χ4n) is 1.79. The van der Waals surface area contributed by atoms with Gasteiger partial charge in [-0.3, -0.25) is 4.79 Å². The van der Waals surface area contributed by atoms with E-state index in [-0.39, 0.29) is 5.91 Å². The average Bonchev–Trinajstić information content (AvgIpc) is 3.19. The molecule has 0 saturated heterocycles. The molecule has 0 bridgehead atoms. The van der Waals surface area contributed by atoms with E-state index in [1.807, 2.05) is 0 Å². The fraction of sp³-hybridized carbons (Fsp3) is 0.385. The lowest BCUT2D eigenvalue weighted by Gasteiger charge is -2.03. The van der Waals surface area contributed by atoms with Crippen molar-refractivity contribution in [1.29, 1.82) is 0 Å². The van der Waals surface area contributed by atoms with Crippen LogP contribution < -0.4 is 10.6 Å². The second-order valence-corrected chi connectivity index (χ2v) is 4.77. The van der Waals surface area contributed by atoms with Gasteiger partial charge in [-0.15, -0.1) is 0 Å². The van der Waals surface area contributed by atoms with Crippen molar-refractivity contribution in [2.45, 2.75) is 25.4 Å². The van der Waals surface area contributed by atoms with Crippen LogP contribution in [-0.4, -0.2) is 38.7 Å². The summed E-state index contributed by atoms with van der Waals surface area (Å²) >= 11 is 0. The first-order valence-electron chi connectivity index (χ1n) is 6.58. The smallest absolute Gasteiger partial charge is 0.271 e. The number of carbonyl (C=O) groups is 1. The summed E-state index contributed by atoms with van der Waals surface area (Å²) in [7, 11) is 1.57. The molecule has 1 aliphatic carbocycles. The van der Waals surface area contributed by atoms with E-state index >= 15 is 0 Å². The third-order valence-corrected chi connectivity index (χ3v) is 3.12. The van der Waals surface area contributed by atoms with E-state index < -0.39 is 0 Å². The normalized spacial score (nSPS) is 14.2. The van der Waals surface area contributed by atoms with Crippen LogP contribution in [0.4, 0.5) is 0 Å². The minimum absolute atomic E-state index is 0.228. The van der Waals surface area contributed by atoms with Gasteiger partial charge in [0.1, 0.15) is 0 Å². The SMILES string of the molecule is CNC(=O)c1ccn(-c2ncc(CNC3CC3)cn2)n1. The molecule has 3 rings (SSSR count). The van der Waals surface area contributed by atoms with Gasteiger partial charge in [-0.25, -0.2) is 14.6 Å². The minimum atomic E-state index is -0.228. The van der Waals surface area contributed by atoms with Gasteiger partial charge >= 0.3 is 0 Å². The van der Waals surface area contributed by atoms with Gasteiger partial charge in [0.2, 0.25) is 5.95 Å². The van der Waals surface area contributed by atoms with E-state index in [9.17, 15) is 4.79 Å². The molecule has 1 fully saturated rings. The van der Waals surface area contributed by atoms with Gasteiger partial charge < -0.3 is 10.6 Å². The molecule has 2 aromatic heterocycles. The first-order valence-corrected chi connectivity index (χ1v) is 6.58. The Balaban J connectivity index is 1.69. The highest BCUT2D eigenvalue weighted by atomic mass is 16.1. The second kappa shape index (κ2) is 5.38. The number of hydrogen-bond donors (Lipinski definition) is 2. The van der Waals surface area contributed by atoms with Gasteiger partial charge in [0, 0.05) is 43.8 Å². The van der Waals surface area contributed by atoms with Gasteiger partial charge in [0.05, 0.1) is 0 Å². The number of rotatable bonds is 5. The molecule has 0 unspecified atom stereocenters. The Kier molecular flexibility index (Phi) is 3.42. The molecule has 1 saturated carbocycles. The summed E-state index contributed by atoms with van der Waals surface area (Å²) in [5.41, 5.74) is 1.38. The highest BCUT2D eigenvalue weighted by Gasteiger charge is 2.20. The van der Waals surface area contributed by atoms with Crippen LogP contribution in [0.5, 0.6) is 0 Å². The van der Waals surface area contributed by atoms with Gasteiger partial charge in [0.25, 0.3) is 5.91 Å². The molecule has 2 heterocycles. The van der Waals surface area contributed by atoms with Crippen LogP contribution in [0.2, 0.25) is 0 Å². The van der Waals surface area contributed by atoms with Crippen LogP contribution in [0.25, 0.3) is 5.95 Å². The lowest BCUT2D eigenvalue weighted by Crippen LogP contribution is -2.19. The maximum atomic E-state index is 11.4. The number of hydrogen-bond acceptors (Lipinski definition) is 5. The van der Waals surface area contributed by atoms with Crippen molar-refractivity contribution < 1.29 is 4.79 Å². The number of amides is 1. The number of aromatic nitrogens is 4. The molecule has 7 heteroatoms. The summed E-state index contributed by atoms with van der Waals surface area (Å²) in [6.45, 7) is 0.785. The molecule has 0 aromatic carbocycles. The highest BCUT2D eigenvalue weighted by molar-refractivity contribution is 5.91. The van der Waals surface area contributed by atoms with Gasteiger partial charge in [-0.2, -0.15) is 5.10 Å². The zero-order valence-electron chi connectivity index (χ0n) is 11.2. The van der Waals surface area contributed by atoms with E-state index in [0.717, 1.165) is 12.1 Å². The summed E-state index contributed by atoms with van der Waals surface area (Å²) in [6, 6.07) is 2.29. The molecule has 20 heavy (non-hydrogen) atoms. The van der Waals surface area contributed by atoms with Gasteiger partial charge in [-0.05, 0) is 18.9 Å². The van der Waals surface area contributed by atoms with Crippen molar-refractivity contribution in [3.05, 3.63) is 35.9 Å². The Morgan fingerprint density at radius 1 is 1.40 bits per heavy atom. The molecular weight excluding hydrogens is 256 g/mol. The van der Waals surface area contributed by atoms with Crippen LogP contribution >= 0.6 is 0 Å².